The Kier molecular flexibility index (Phi) is 3.82. The van der Waals surface area contributed by atoms with Crippen LogP contribution in [0.1, 0.15) is 5.56 Å². The molecule has 8 heteroatoms. The van der Waals surface area contributed by atoms with Gasteiger partial charge in [0.25, 0.3) is 10.0 Å². The number of rotatable bonds is 3. The highest BCUT2D eigenvalue weighted by Crippen LogP contribution is 2.25. The minimum Gasteiger partial charge on any atom is -0.399 e. The molecule has 3 N–H and O–H groups in total. The van der Waals surface area contributed by atoms with E-state index in [9.17, 15) is 21.6 Å². The van der Waals surface area contributed by atoms with Crippen molar-refractivity contribution in [2.45, 2.75) is 11.8 Å². The molecule has 0 bridgehead atoms. The molecule has 0 fully saturated rings. The van der Waals surface area contributed by atoms with Crippen LogP contribution in [0.15, 0.2) is 35.2 Å². The molecule has 0 spiro atoms. The van der Waals surface area contributed by atoms with Crippen molar-refractivity contribution in [2.24, 2.45) is 0 Å². The lowest BCUT2D eigenvalue weighted by Gasteiger charge is -2.12. The summed E-state index contributed by atoms with van der Waals surface area (Å²) in [7, 11) is -4.55. The fourth-order valence-corrected chi connectivity index (χ4v) is 2.97. The molecule has 0 radical (unpaired) electrons. The summed E-state index contributed by atoms with van der Waals surface area (Å²) in [6.07, 6.45) is 0. The molecule has 0 atom stereocenters. The van der Waals surface area contributed by atoms with Crippen LogP contribution in [-0.4, -0.2) is 8.42 Å². The topological polar surface area (TPSA) is 72.2 Å². The Bertz CT molecular complexity index is 784. The maximum atomic E-state index is 13.6. The summed E-state index contributed by atoms with van der Waals surface area (Å²) in [6, 6.07) is 5.00. The second-order valence-corrected chi connectivity index (χ2v) is 6.00. The van der Waals surface area contributed by atoms with E-state index in [0.717, 1.165) is 0 Å². The number of benzene rings is 2. The zero-order valence-electron chi connectivity index (χ0n) is 10.8. The zero-order valence-corrected chi connectivity index (χ0v) is 11.6. The third kappa shape index (κ3) is 3.10. The van der Waals surface area contributed by atoms with E-state index >= 15 is 0 Å². The molecule has 2 aromatic rings. The van der Waals surface area contributed by atoms with Gasteiger partial charge in [-0.2, -0.15) is 0 Å². The number of anilines is 2. The first-order chi connectivity index (χ1) is 9.70. The van der Waals surface area contributed by atoms with Crippen molar-refractivity contribution in [3.05, 3.63) is 53.3 Å². The summed E-state index contributed by atoms with van der Waals surface area (Å²) in [5, 5.41) is 0. The first kappa shape index (κ1) is 15.2. The molecule has 0 heterocycles. The van der Waals surface area contributed by atoms with Crippen molar-refractivity contribution in [3.8, 4) is 0 Å². The summed E-state index contributed by atoms with van der Waals surface area (Å²) in [5.74, 6) is -4.23. The Hall–Kier alpha value is -2.22. The van der Waals surface area contributed by atoms with Gasteiger partial charge in [0.1, 0.15) is 17.5 Å². The maximum Gasteiger partial charge on any atom is 0.267 e. The maximum absolute atomic E-state index is 13.6. The first-order valence-corrected chi connectivity index (χ1v) is 7.22. The molecule has 21 heavy (non-hydrogen) atoms. The van der Waals surface area contributed by atoms with Crippen LogP contribution < -0.4 is 10.5 Å². The van der Waals surface area contributed by atoms with Gasteiger partial charge >= 0.3 is 0 Å². The normalized spacial score (nSPS) is 11.4. The van der Waals surface area contributed by atoms with Gasteiger partial charge in [-0.1, -0.05) is 6.07 Å². The third-order valence-electron chi connectivity index (χ3n) is 2.74. The molecular weight excluding hydrogens is 305 g/mol. The van der Waals surface area contributed by atoms with E-state index in [2.05, 4.69) is 0 Å². The Morgan fingerprint density at radius 1 is 1.05 bits per heavy atom. The zero-order chi connectivity index (χ0) is 15.8. The molecule has 0 aliphatic carbocycles. The van der Waals surface area contributed by atoms with E-state index < -0.39 is 32.4 Å². The van der Waals surface area contributed by atoms with Gasteiger partial charge in [0.2, 0.25) is 0 Å². The Balaban J connectivity index is 2.51. The molecule has 0 aliphatic heterocycles. The fourth-order valence-electron chi connectivity index (χ4n) is 1.73. The van der Waals surface area contributed by atoms with Gasteiger partial charge in [-0.05, 0) is 24.6 Å². The number of hydrogen-bond donors (Lipinski definition) is 2. The molecule has 2 aromatic carbocycles. The number of nitrogens with two attached hydrogens (primary N) is 1. The fraction of sp³-hybridized carbons (Fsp3) is 0.0769. The highest BCUT2D eigenvalue weighted by Gasteiger charge is 2.25. The molecule has 4 nitrogen and oxygen atoms in total. The van der Waals surface area contributed by atoms with Gasteiger partial charge in [-0.3, -0.25) is 4.72 Å². The summed E-state index contributed by atoms with van der Waals surface area (Å²) < 4.78 is 66.1. The summed E-state index contributed by atoms with van der Waals surface area (Å²) in [5.41, 5.74) is 6.40. The number of hydrogen-bond acceptors (Lipinski definition) is 3. The minimum absolute atomic E-state index is 0.0816. The second kappa shape index (κ2) is 5.28. The van der Waals surface area contributed by atoms with Crippen LogP contribution in [0.4, 0.5) is 24.5 Å². The lowest BCUT2D eigenvalue weighted by molar-refractivity contribution is 0.498. The quantitative estimate of drug-likeness (QED) is 0.855. The Morgan fingerprint density at radius 2 is 1.62 bits per heavy atom. The van der Waals surface area contributed by atoms with Crippen molar-refractivity contribution in [1.82, 2.24) is 0 Å². The van der Waals surface area contributed by atoms with Crippen molar-refractivity contribution in [1.29, 1.82) is 0 Å². The van der Waals surface area contributed by atoms with E-state index in [1.165, 1.54) is 6.07 Å². The standard InChI is InChI=1S/C13H11F3N2O2S/c1-7-2-3-9(17)6-12(7)18-21(19,20)13-10(15)4-8(14)5-11(13)16/h2-6,18H,17H2,1H3. The molecule has 0 amide bonds. The predicted octanol–water partition coefficient (Wildman–Crippen LogP) is 2.80. The van der Waals surface area contributed by atoms with E-state index in [-0.39, 0.29) is 11.4 Å². The molecule has 0 unspecified atom stereocenters. The molecule has 0 saturated heterocycles. The SMILES string of the molecule is Cc1ccc(N)cc1NS(=O)(=O)c1c(F)cc(F)cc1F. The van der Waals surface area contributed by atoms with Gasteiger partial charge in [0.05, 0.1) is 5.69 Å². The van der Waals surface area contributed by atoms with Crippen LogP contribution in [0.2, 0.25) is 0 Å². The molecule has 0 aliphatic rings. The van der Waals surface area contributed by atoms with Crippen molar-refractivity contribution >= 4 is 21.4 Å². The van der Waals surface area contributed by atoms with E-state index in [1.807, 2.05) is 4.72 Å². The highest BCUT2D eigenvalue weighted by molar-refractivity contribution is 7.92. The Morgan fingerprint density at radius 3 is 2.19 bits per heavy atom. The molecular formula is C13H11F3N2O2S. The van der Waals surface area contributed by atoms with Crippen LogP contribution in [0, 0.1) is 24.4 Å². The number of halogens is 3. The lowest BCUT2D eigenvalue weighted by Crippen LogP contribution is -2.17. The van der Waals surface area contributed by atoms with Crippen molar-refractivity contribution in [3.63, 3.8) is 0 Å². The Labute approximate surface area is 119 Å². The number of nitrogen functional groups attached to an aromatic ring is 1. The van der Waals surface area contributed by atoms with Gasteiger partial charge in [-0.15, -0.1) is 0 Å². The van der Waals surface area contributed by atoms with Gasteiger partial charge < -0.3 is 5.73 Å². The number of sulfonamides is 1. The van der Waals surface area contributed by atoms with Crippen LogP contribution in [0.25, 0.3) is 0 Å². The average molecular weight is 316 g/mol. The van der Waals surface area contributed by atoms with E-state index in [4.69, 9.17) is 5.73 Å². The van der Waals surface area contributed by atoms with Gasteiger partial charge in [-0.25, -0.2) is 21.6 Å². The molecule has 112 valence electrons. The molecule has 2 rings (SSSR count). The number of aryl methyl sites for hydroxylation is 1. The van der Waals surface area contributed by atoms with Gasteiger partial charge in [0.15, 0.2) is 4.90 Å². The van der Waals surface area contributed by atoms with Crippen molar-refractivity contribution in [2.75, 3.05) is 10.5 Å². The average Bonchev–Trinajstić information content (AvgIpc) is 2.31. The lowest BCUT2D eigenvalue weighted by atomic mass is 10.2. The summed E-state index contributed by atoms with van der Waals surface area (Å²) in [6.45, 7) is 1.59. The van der Waals surface area contributed by atoms with E-state index in [0.29, 0.717) is 17.7 Å². The minimum atomic E-state index is -4.55. The van der Waals surface area contributed by atoms with Crippen LogP contribution in [-0.2, 0) is 10.0 Å². The van der Waals surface area contributed by atoms with Crippen molar-refractivity contribution < 1.29 is 21.6 Å². The monoisotopic (exact) mass is 316 g/mol. The van der Waals surface area contributed by atoms with Crippen LogP contribution in [0.3, 0.4) is 0 Å². The van der Waals surface area contributed by atoms with Crippen LogP contribution in [0.5, 0.6) is 0 Å². The first-order valence-electron chi connectivity index (χ1n) is 5.74. The predicted molar refractivity (Wildman–Crippen MR) is 72.7 cm³/mol. The second-order valence-electron chi connectivity index (χ2n) is 4.38. The highest BCUT2D eigenvalue weighted by atomic mass is 32.2. The molecule has 0 saturated carbocycles. The number of nitrogens with one attached hydrogen (secondary N) is 1. The third-order valence-corrected chi connectivity index (χ3v) is 4.15. The smallest absolute Gasteiger partial charge is 0.267 e. The molecule has 0 aromatic heterocycles. The van der Waals surface area contributed by atoms with Gasteiger partial charge in [0, 0.05) is 17.8 Å². The summed E-state index contributed by atoms with van der Waals surface area (Å²) >= 11 is 0. The van der Waals surface area contributed by atoms with Crippen LogP contribution >= 0.6 is 0 Å². The largest absolute Gasteiger partial charge is 0.399 e. The van der Waals surface area contributed by atoms with E-state index in [1.54, 1.807) is 19.1 Å². The summed E-state index contributed by atoms with van der Waals surface area (Å²) in [4.78, 5) is -1.24.